The molecule has 7 heteroatoms. The molecule has 0 amide bonds. The van der Waals surface area contributed by atoms with E-state index in [4.69, 9.17) is 23.7 Å². The maximum atomic E-state index is 13.5. The second-order valence-corrected chi connectivity index (χ2v) is 9.32. The summed E-state index contributed by atoms with van der Waals surface area (Å²) in [6.07, 6.45) is 0. The van der Waals surface area contributed by atoms with Gasteiger partial charge in [0.05, 0.1) is 0 Å². The van der Waals surface area contributed by atoms with Gasteiger partial charge in [0.25, 0.3) is 0 Å². The van der Waals surface area contributed by atoms with Crippen LogP contribution in [-0.2, 0) is 0 Å². The summed E-state index contributed by atoms with van der Waals surface area (Å²) in [5, 5.41) is 0. The maximum absolute atomic E-state index is 13.5. The summed E-state index contributed by atoms with van der Waals surface area (Å²) in [5.41, 5.74) is 0. The fraction of sp³-hybridized carbons (Fsp3) is 0. The molecule has 0 fully saturated rings. The van der Waals surface area contributed by atoms with E-state index in [1.54, 1.807) is 84.9 Å². The topological polar surface area (TPSA) is 46.2 Å². The van der Waals surface area contributed by atoms with Crippen molar-refractivity contribution in [2.75, 3.05) is 0 Å². The number of benzene rings is 6. The van der Waals surface area contributed by atoms with Gasteiger partial charge in [-0.25, -0.2) is 8.78 Å². The number of rotatable bonds is 10. The molecule has 0 aliphatic carbocycles. The second kappa shape index (κ2) is 12.8. The first kappa shape index (κ1) is 27.4. The lowest BCUT2D eigenvalue weighted by Crippen LogP contribution is -1.90. The van der Waals surface area contributed by atoms with E-state index in [1.807, 2.05) is 36.4 Å². The fourth-order valence-corrected chi connectivity index (χ4v) is 4.15. The molecule has 0 bridgehead atoms. The van der Waals surface area contributed by atoms with Crippen molar-refractivity contribution in [1.82, 2.24) is 0 Å². The Morgan fingerprint density at radius 1 is 0.256 bits per heavy atom. The Labute approximate surface area is 247 Å². The quantitative estimate of drug-likeness (QED) is 0.163. The van der Waals surface area contributed by atoms with Crippen LogP contribution in [0.15, 0.2) is 146 Å². The van der Waals surface area contributed by atoms with E-state index in [0.29, 0.717) is 57.5 Å². The van der Waals surface area contributed by atoms with Crippen molar-refractivity contribution in [2.24, 2.45) is 0 Å². The van der Waals surface area contributed by atoms with Crippen LogP contribution < -0.4 is 23.7 Å². The highest BCUT2D eigenvalue weighted by Crippen LogP contribution is 2.34. The Morgan fingerprint density at radius 2 is 0.442 bits per heavy atom. The van der Waals surface area contributed by atoms with Crippen LogP contribution in [-0.4, -0.2) is 0 Å². The van der Waals surface area contributed by atoms with E-state index in [2.05, 4.69) is 0 Å². The molecular weight excluding hydrogens is 550 g/mol. The van der Waals surface area contributed by atoms with Gasteiger partial charge in [-0.3, -0.25) is 0 Å². The van der Waals surface area contributed by atoms with E-state index >= 15 is 0 Å². The standard InChI is InChI=1S/C36H24F2O5/c37-25-7-1-9-27(19-25)39-29-11-3-13-31(21-29)41-33-15-5-17-35(23-33)43-36-18-6-16-34(24-36)42-32-14-4-12-30(22-32)40-28-10-2-8-26(38)20-28/h1-24H. The Balaban J connectivity index is 1.10. The minimum Gasteiger partial charge on any atom is -0.457 e. The van der Waals surface area contributed by atoms with Crippen LogP contribution >= 0.6 is 0 Å². The van der Waals surface area contributed by atoms with Gasteiger partial charge >= 0.3 is 0 Å². The first-order valence-electron chi connectivity index (χ1n) is 13.3. The molecule has 0 atom stereocenters. The third-order valence-corrected chi connectivity index (χ3v) is 5.99. The van der Waals surface area contributed by atoms with E-state index in [-0.39, 0.29) is 11.6 Å². The van der Waals surface area contributed by atoms with Gasteiger partial charge in [-0.2, -0.15) is 0 Å². The summed E-state index contributed by atoms with van der Waals surface area (Å²) in [6, 6.07) is 40.4. The van der Waals surface area contributed by atoms with Crippen molar-refractivity contribution in [3.63, 3.8) is 0 Å². The zero-order valence-corrected chi connectivity index (χ0v) is 22.7. The molecule has 0 radical (unpaired) electrons. The molecule has 0 unspecified atom stereocenters. The predicted molar refractivity (Wildman–Crippen MR) is 159 cm³/mol. The molecule has 0 aromatic heterocycles. The average Bonchev–Trinajstić information content (AvgIpc) is 2.98. The minimum atomic E-state index is -0.375. The first-order valence-corrected chi connectivity index (χ1v) is 13.3. The highest BCUT2D eigenvalue weighted by molar-refractivity contribution is 5.45. The Morgan fingerprint density at radius 3 is 0.651 bits per heavy atom. The molecule has 0 aliphatic heterocycles. The summed E-state index contributed by atoms with van der Waals surface area (Å²) in [5.74, 6) is 4.39. The zero-order valence-electron chi connectivity index (χ0n) is 22.7. The molecule has 0 aliphatic rings. The number of hydrogen-bond donors (Lipinski definition) is 0. The minimum absolute atomic E-state index is 0.375. The van der Waals surface area contributed by atoms with Crippen LogP contribution in [0.2, 0.25) is 0 Å². The summed E-state index contributed by atoms with van der Waals surface area (Å²) < 4.78 is 56.7. The summed E-state index contributed by atoms with van der Waals surface area (Å²) in [6.45, 7) is 0. The van der Waals surface area contributed by atoms with Gasteiger partial charge in [-0.15, -0.1) is 0 Å². The highest BCUT2D eigenvalue weighted by atomic mass is 19.1. The molecule has 5 nitrogen and oxygen atoms in total. The largest absolute Gasteiger partial charge is 0.457 e. The lowest BCUT2D eigenvalue weighted by Gasteiger charge is -2.12. The van der Waals surface area contributed by atoms with E-state index < -0.39 is 0 Å². The Hall–Kier alpha value is -5.82. The molecule has 6 rings (SSSR count). The van der Waals surface area contributed by atoms with Crippen molar-refractivity contribution in [3.8, 4) is 57.5 Å². The van der Waals surface area contributed by atoms with Gasteiger partial charge < -0.3 is 23.7 Å². The molecule has 0 spiro atoms. The zero-order chi connectivity index (χ0) is 29.4. The average molecular weight is 575 g/mol. The molecule has 0 saturated heterocycles. The van der Waals surface area contributed by atoms with Crippen LogP contribution in [0.4, 0.5) is 8.78 Å². The van der Waals surface area contributed by atoms with E-state index in [9.17, 15) is 8.78 Å². The summed E-state index contributed by atoms with van der Waals surface area (Å²) >= 11 is 0. The lowest BCUT2D eigenvalue weighted by molar-refractivity contribution is 0.444. The van der Waals surface area contributed by atoms with Crippen molar-refractivity contribution in [1.29, 1.82) is 0 Å². The molecule has 0 saturated carbocycles. The Kier molecular flexibility index (Phi) is 8.13. The van der Waals surface area contributed by atoms with Crippen LogP contribution in [0.3, 0.4) is 0 Å². The molecule has 6 aromatic rings. The summed E-state index contributed by atoms with van der Waals surface area (Å²) in [7, 11) is 0. The number of halogens is 2. The third kappa shape index (κ3) is 7.68. The maximum Gasteiger partial charge on any atom is 0.131 e. The first-order chi connectivity index (χ1) is 21.0. The molecule has 0 N–H and O–H groups in total. The number of hydrogen-bond acceptors (Lipinski definition) is 5. The van der Waals surface area contributed by atoms with E-state index in [0.717, 1.165) is 0 Å². The number of ether oxygens (including phenoxy) is 5. The predicted octanol–water partition coefficient (Wildman–Crippen LogP) is 10.9. The molecular formula is C36H24F2O5. The van der Waals surface area contributed by atoms with Gasteiger partial charge in [0, 0.05) is 36.4 Å². The highest BCUT2D eigenvalue weighted by Gasteiger charge is 2.07. The summed E-state index contributed by atoms with van der Waals surface area (Å²) in [4.78, 5) is 0. The van der Waals surface area contributed by atoms with Gasteiger partial charge in [0.1, 0.15) is 69.1 Å². The normalized spacial score (nSPS) is 10.6. The van der Waals surface area contributed by atoms with Crippen LogP contribution in [0.5, 0.6) is 57.5 Å². The van der Waals surface area contributed by atoms with E-state index in [1.165, 1.54) is 24.3 Å². The SMILES string of the molecule is Fc1cccc(Oc2cccc(Oc3cccc(Oc4cccc(Oc5cccc(Oc6cccc(F)c6)c5)c4)c3)c2)c1. The molecule has 212 valence electrons. The fourth-order valence-electron chi connectivity index (χ4n) is 4.15. The molecule has 6 aromatic carbocycles. The van der Waals surface area contributed by atoms with Crippen molar-refractivity contribution < 1.29 is 32.5 Å². The molecule has 43 heavy (non-hydrogen) atoms. The third-order valence-electron chi connectivity index (χ3n) is 5.99. The molecule has 0 heterocycles. The smallest absolute Gasteiger partial charge is 0.131 e. The van der Waals surface area contributed by atoms with Crippen molar-refractivity contribution in [2.45, 2.75) is 0 Å². The van der Waals surface area contributed by atoms with Crippen molar-refractivity contribution >= 4 is 0 Å². The van der Waals surface area contributed by atoms with Gasteiger partial charge in [0.2, 0.25) is 0 Å². The van der Waals surface area contributed by atoms with Crippen LogP contribution in [0.25, 0.3) is 0 Å². The van der Waals surface area contributed by atoms with Gasteiger partial charge in [-0.05, 0) is 72.8 Å². The monoisotopic (exact) mass is 574 g/mol. The lowest BCUT2D eigenvalue weighted by atomic mass is 10.3. The van der Waals surface area contributed by atoms with Crippen LogP contribution in [0.1, 0.15) is 0 Å². The van der Waals surface area contributed by atoms with Crippen LogP contribution in [0, 0.1) is 11.6 Å². The van der Waals surface area contributed by atoms with Gasteiger partial charge in [-0.1, -0.05) is 36.4 Å². The second-order valence-electron chi connectivity index (χ2n) is 9.32. The van der Waals surface area contributed by atoms with Crippen molar-refractivity contribution in [3.05, 3.63) is 157 Å². The Bertz CT molecular complexity index is 1720. The van der Waals surface area contributed by atoms with Gasteiger partial charge in [0.15, 0.2) is 0 Å².